The molecule has 0 saturated carbocycles. The molecular weight excluding hydrogens is 254 g/mol. The second kappa shape index (κ2) is 8.15. The van der Waals surface area contributed by atoms with Crippen LogP contribution in [0.5, 0.6) is 0 Å². The first-order valence-corrected chi connectivity index (χ1v) is 6.74. The van der Waals surface area contributed by atoms with Crippen molar-refractivity contribution in [2.24, 2.45) is 5.92 Å². The van der Waals surface area contributed by atoms with Gasteiger partial charge in [-0.25, -0.2) is 0 Å². The van der Waals surface area contributed by atoms with E-state index in [9.17, 15) is 9.59 Å². The summed E-state index contributed by atoms with van der Waals surface area (Å²) in [4.78, 5) is 22.1. The van der Waals surface area contributed by atoms with Crippen LogP contribution in [0.15, 0.2) is 36.9 Å². The lowest BCUT2D eigenvalue weighted by Gasteiger charge is -2.08. The van der Waals surface area contributed by atoms with Gasteiger partial charge in [-0.05, 0) is 36.5 Å². The van der Waals surface area contributed by atoms with Gasteiger partial charge in [-0.15, -0.1) is 6.58 Å². The number of carboxylic acid groups (broad SMARTS) is 1. The number of benzene rings is 1. The minimum Gasteiger partial charge on any atom is -0.481 e. The summed E-state index contributed by atoms with van der Waals surface area (Å²) in [5.74, 6) is -0.647. The molecule has 0 saturated heterocycles. The largest absolute Gasteiger partial charge is 0.481 e. The van der Waals surface area contributed by atoms with E-state index in [4.69, 9.17) is 5.11 Å². The molecule has 1 aromatic carbocycles. The van der Waals surface area contributed by atoms with E-state index < -0.39 is 5.97 Å². The molecule has 1 aromatic rings. The number of aryl methyl sites for hydroxylation is 1. The minimum atomic E-state index is -0.773. The number of carbonyl (C=O) groups is 2. The molecule has 0 aromatic heterocycles. The molecular formula is C16H21NO3. The molecule has 4 heteroatoms. The van der Waals surface area contributed by atoms with Gasteiger partial charge in [0.05, 0.1) is 0 Å². The maximum absolute atomic E-state index is 11.7. The molecule has 108 valence electrons. The molecule has 20 heavy (non-hydrogen) atoms. The van der Waals surface area contributed by atoms with E-state index in [1.165, 1.54) is 0 Å². The van der Waals surface area contributed by atoms with E-state index in [2.05, 4.69) is 11.9 Å². The number of carbonyl (C=O) groups excluding carboxylic acids is 1. The highest BCUT2D eigenvalue weighted by atomic mass is 16.4. The molecule has 0 aliphatic heterocycles. The van der Waals surface area contributed by atoms with Crippen LogP contribution in [0.3, 0.4) is 0 Å². The summed E-state index contributed by atoms with van der Waals surface area (Å²) in [7, 11) is 0. The van der Waals surface area contributed by atoms with Gasteiger partial charge in [0.1, 0.15) is 0 Å². The molecule has 0 bridgehead atoms. The lowest BCUT2D eigenvalue weighted by Crippen LogP contribution is -2.14. The summed E-state index contributed by atoms with van der Waals surface area (Å²) < 4.78 is 0. The topological polar surface area (TPSA) is 66.4 Å². The van der Waals surface area contributed by atoms with Gasteiger partial charge in [0.15, 0.2) is 0 Å². The van der Waals surface area contributed by atoms with Crippen molar-refractivity contribution < 1.29 is 14.7 Å². The summed E-state index contributed by atoms with van der Waals surface area (Å²) in [6.07, 6.45) is 3.71. The molecule has 4 nitrogen and oxygen atoms in total. The first kappa shape index (κ1) is 16.0. The Hall–Kier alpha value is -2.10. The zero-order valence-corrected chi connectivity index (χ0v) is 11.8. The van der Waals surface area contributed by atoms with Crippen molar-refractivity contribution in [2.45, 2.75) is 32.6 Å². The average molecular weight is 275 g/mol. The Balaban J connectivity index is 2.43. The number of carboxylic acids is 1. The van der Waals surface area contributed by atoms with E-state index in [0.29, 0.717) is 12.8 Å². The third-order valence-corrected chi connectivity index (χ3v) is 3.00. The van der Waals surface area contributed by atoms with Crippen LogP contribution in [0.4, 0.5) is 5.69 Å². The molecule has 0 heterocycles. The number of nitrogens with one attached hydrogen (secondary N) is 1. The number of rotatable bonds is 8. The van der Waals surface area contributed by atoms with Crippen molar-refractivity contribution in [1.29, 1.82) is 0 Å². The summed E-state index contributed by atoms with van der Waals surface area (Å²) in [6.45, 7) is 5.59. The fourth-order valence-corrected chi connectivity index (χ4v) is 1.79. The van der Waals surface area contributed by atoms with Crippen molar-refractivity contribution in [3.05, 3.63) is 42.5 Å². The summed E-state index contributed by atoms with van der Waals surface area (Å²) in [5.41, 5.74) is 1.83. The van der Waals surface area contributed by atoms with Gasteiger partial charge in [0.25, 0.3) is 0 Å². The maximum atomic E-state index is 11.7. The predicted molar refractivity (Wildman–Crippen MR) is 79.6 cm³/mol. The molecule has 2 N–H and O–H groups in total. The van der Waals surface area contributed by atoms with E-state index in [1.807, 2.05) is 31.2 Å². The maximum Gasteiger partial charge on any atom is 0.303 e. The fraction of sp³-hybridized carbons (Fsp3) is 0.375. The second-order valence-corrected chi connectivity index (χ2v) is 4.91. The summed E-state index contributed by atoms with van der Waals surface area (Å²) in [5, 5.41) is 11.4. The van der Waals surface area contributed by atoms with E-state index >= 15 is 0 Å². The number of allylic oxidation sites excluding steroid dienone is 1. The van der Waals surface area contributed by atoms with E-state index in [1.54, 1.807) is 6.08 Å². The van der Waals surface area contributed by atoms with Crippen LogP contribution in [0.2, 0.25) is 0 Å². The zero-order valence-electron chi connectivity index (χ0n) is 11.8. The number of amides is 1. The lowest BCUT2D eigenvalue weighted by atomic mass is 10.1. The van der Waals surface area contributed by atoms with Crippen LogP contribution in [0, 0.1) is 5.92 Å². The van der Waals surface area contributed by atoms with Crippen LogP contribution in [0.1, 0.15) is 31.7 Å². The molecule has 1 rings (SSSR count). The Morgan fingerprint density at radius 2 is 2.00 bits per heavy atom. The highest BCUT2D eigenvalue weighted by Gasteiger charge is 2.06. The van der Waals surface area contributed by atoms with Crippen molar-refractivity contribution in [3.63, 3.8) is 0 Å². The van der Waals surface area contributed by atoms with Crippen LogP contribution in [0.25, 0.3) is 0 Å². The van der Waals surface area contributed by atoms with Crippen molar-refractivity contribution >= 4 is 17.6 Å². The Morgan fingerprint density at radius 1 is 1.35 bits per heavy atom. The molecule has 1 atom stereocenters. The standard InChI is InChI=1S/C16H21NO3/c1-3-12(2)11-15(18)17-14-9-7-13(8-10-14)5-4-6-16(19)20/h3,7-10,12H,1,4-6,11H2,2H3,(H,17,18)(H,19,20). The molecule has 1 amide bonds. The average Bonchev–Trinajstić information content (AvgIpc) is 2.40. The quantitative estimate of drug-likeness (QED) is 0.716. The SMILES string of the molecule is C=CC(C)CC(=O)Nc1ccc(CCCC(=O)O)cc1. The van der Waals surface area contributed by atoms with Crippen LogP contribution in [-0.2, 0) is 16.0 Å². The predicted octanol–water partition coefficient (Wildman–Crippen LogP) is 3.24. The van der Waals surface area contributed by atoms with Gasteiger partial charge in [-0.2, -0.15) is 0 Å². The van der Waals surface area contributed by atoms with Gasteiger partial charge in [0, 0.05) is 18.5 Å². The number of hydrogen-bond donors (Lipinski definition) is 2. The van der Waals surface area contributed by atoms with E-state index in [-0.39, 0.29) is 18.2 Å². The second-order valence-electron chi connectivity index (χ2n) is 4.91. The van der Waals surface area contributed by atoms with Gasteiger partial charge in [-0.3, -0.25) is 9.59 Å². The van der Waals surface area contributed by atoms with Crippen molar-refractivity contribution in [2.75, 3.05) is 5.32 Å². The smallest absolute Gasteiger partial charge is 0.303 e. The normalized spacial score (nSPS) is 11.7. The molecule has 1 unspecified atom stereocenters. The van der Waals surface area contributed by atoms with Gasteiger partial charge in [-0.1, -0.05) is 25.1 Å². The fourth-order valence-electron chi connectivity index (χ4n) is 1.79. The van der Waals surface area contributed by atoms with Gasteiger partial charge >= 0.3 is 5.97 Å². The third-order valence-electron chi connectivity index (χ3n) is 3.00. The molecule has 0 radical (unpaired) electrons. The van der Waals surface area contributed by atoms with Crippen LogP contribution < -0.4 is 5.32 Å². The first-order valence-electron chi connectivity index (χ1n) is 6.74. The van der Waals surface area contributed by atoms with Gasteiger partial charge in [0.2, 0.25) is 5.91 Å². The Morgan fingerprint density at radius 3 is 2.55 bits per heavy atom. The number of hydrogen-bond acceptors (Lipinski definition) is 2. The molecule has 0 spiro atoms. The molecule has 0 aliphatic carbocycles. The number of anilines is 1. The Bertz CT molecular complexity index is 465. The summed E-state index contributed by atoms with van der Waals surface area (Å²) in [6, 6.07) is 7.50. The van der Waals surface area contributed by atoms with Crippen molar-refractivity contribution in [1.82, 2.24) is 0 Å². The Kier molecular flexibility index (Phi) is 6.50. The Labute approximate surface area is 119 Å². The monoisotopic (exact) mass is 275 g/mol. The zero-order chi connectivity index (χ0) is 15.0. The highest BCUT2D eigenvalue weighted by molar-refractivity contribution is 5.90. The highest BCUT2D eigenvalue weighted by Crippen LogP contribution is 2.13. The first-order chi connectivity index (χ1) is 9.51. The van der Waals surface area contributed by atoms with E-state index in [0.717, 1.165) is 17.7 Å². The third kappa shape index (κ3) is 6.18. The van der Waals surface area contributed by atoms with Crippen molar-refractivity contribution in [3.8, 4) is 0 Å². The number of aliphatic carboxylic acids is 1. The summed E-state index contributed by atoms with van der Waals surface area (Å²) >= 11 is 0. The van der Waals surface area contributed by atoms with Crippen LogP contribution in [-0.4, -0.2) is 17.0 Å². The lowest BCUT2D eigenvalue weighted by molar-refractivity contribution is -0.137. The minimum absolute atomic E-state index is 0.0315. The van der Waals surface area contributed by atoms with Gasteiger partial charge < -0.3 is 10.4 Å². The van der Waals surface area contributed by atoms with Crippen LogP contribution >= 0.6 is 0 Å². The molecule has 0 fully saturated rings. The molecule has 0 aliphatic rings.